The maximum Gasteiger partial charge on any atom is 0.329 e. The second-order valence-corrected chi connectivity index (χ2v) is 23.0. The van der Waals surface area contributed by atoms with Crippen molar-refractivity contribution in [2.75, 3.05) is 23.4 Å². The average Bonchev–Trinajstić information content (AvgIpc) is 3.31. The Morgan fingerprint density at radius 3 is 1.40 bits per heavy atom. The highest BCUT2D eigenvalue weighted by Gasteiger charge is 2.29. The van der Waals surface area contributed by atoms with Crippen LogP contribution in [-0.2, 0) is 42.9 Å². The molecule has 0 aliphatic heterocycles. The Hall–Kier alpha value is -3.61. The molecular weight excluding hydrogens is 929 g/mol. The number of hydrogen-bond acceptors (Lipinski definition) is 11. The summed E-state index contributed by atoms with van der Waals surface area (Å²) in [5.41, 5.74) is -0.760. The van der Waals surface area contributed by atoms with Crippen molar-refractivity contribution < 1.29 is 47.7 Å². The number of carbonyl (C=O) groups excluding carboxylic acids is 6. The van der Waals surface area contributed by atoms with Gasteiger partial charge in [-0.1, -0.05) is 175 Å². The number of esters is 4. The minimum atomic E-state index is -1.09. The first-order valence-corrected chi connectivity index (χ1v) is 29.6. The fraction of sp³-hybridized carbons (Fsp3) is 0.797. The fourth-order valence-corrected chi connectivity index (χ4v) is 9.20. The van der Waals surface area contributed by atoms with Gasteiger partial charge in [-0.25, -0.2) is 4.79 Å². The van der Waals surface area contributed by atoms with Crippen molar-refractivity contribution in [3.05, 3.63) is 29.8 Å². The molecule has 2 unspecified atom stereocenters. The number of hydrogen-bond donors (Lipinski definition) is 2. The minimum Gasteiger partial charge on any atom is -0.462 e. The van der Waals surface area contributed by atoms with Crippen LogP contribution in [0.25, 0.3) is 0 Å². The molecular formula is C59H102N2O10S. The van der Waals surface area contributed by atoms with Crippen LogP contribution in [0.4, 0.5) is 5.69 Å². The molecule has 1 aromatic rings. The van der Waals surface area contributed by atoms with E-state index in [9.17, 15) is 28.8 Å². The summed E-state index contributed by atoms with van der Waals surface area (Å²) in [4.78, 5) is 77.8. The second-order valence-electron chi connectivity index (χ2n) is 22.0. The van der Waals surface area contributed by atoms with E-state index in [0.29, 0.717) is 30.0 Å². The molecule has 0 heterocycles. The zero-order valence-electron chi connectivity index (χ0n) is 46.9. The SMILES string of the molecule is CCCCCCCCCCCCCCCC(=O)OCC(CSCC(C)C(=O)Nc1ccc(C(=O)N[C@@H](CCC(=O)OC(C)(C)C)C(=O)OC(C)(C)C)cc1)OC(=O)CCCCCCCCCCCCCCC. The van der Waals surface area contributed by atoms with Crippen LogP contribution in [0.2, 0.25) is 0 Å². The molecule has 0 saturated carbocycles. The smallest absolute Gasteiger partial charge is 0.329 e. The number of nitrogens with one attached hydrogen (secondary N) is 2. The molecule has 0 radical (unpaired) electrons. The molecule has 13 heteroatoms. The highest BCUT2D eigenvalue weighted by atomic mass is 32.2. The van der Waals surface area contributed by atoms with Crippen LogP contribution >= 0.6 is 11.8 Å². The lowest BCUT2D eigenvalue weighted by atomic mass is 10.0. The maximum absolute atomic E-state index is 13.3. The van der Waals surface area contributed by atoms with Crippen LogP contribution in [0.5, 0.6) is 0 Å². The largest absolute Gasteiger partial charge is 0.462 e. The Bertz CT molecular complexity index is 1620. The average molecular weight is 1030 g/mol. The number of amides is 2. The van der Waals surface area contributed by atoms with E-state index in [2.05, 4.69) is 24.5 Å². The van der Waals surface area contributed by atoms with E-state index < -0.39 is 47.1 Å². The Labute approximate surface area is 441 Å². The standard InChI is InChI=1S/C59H102N2O10S/c1-10-12-14-16-18-20-22-24-26-28-30-32-34-36-52(62)68-44-50(69-53(63)37-35-33-31-29-27-25-23-21-19-17-15-13-11-2)46-72-45-47(3)55(65)60-49-40-38-48(39-41-49)56(66)61-51(57(67)71-59(7,8)9)42-43-54(64)70-58(4,5)6/h38-41,47,50-51H,10-37,42-46H2,1-9H3,(H,60,65)(H,61,66)/t47?,50?,51-/m0/s1. The van der Waals surface area contributed by atoms with Gasteiger partial charge in [0.05, 0.1) is 0 Å². The molecule has 12 nitrogen and oxygen atoms in total. The quantitative estimate of drug-likeness (QED) is 0.0363. The van der Waals surface area contributed by atoms with E-state index in [1.807, 2.05) is 6.92 Å². The van der Waals surface area contributed by atoms with Gasteiger partial charge < -0.3 is 29.6 Å². The zero-order valence-corrected chi connectivity index (χ0v) is 47.7. The van der Waals surface area contributed by atoms with E-state index in [-0.39, 0.29) is 42.9 Å². The monoisotopic (exact) mass is 1030 g/mol. The molecule has 2 amide bonds. The van der Waals surface area contributed by atoms with E-state index in [1.165, 1.54) is 140 Å². The van der Waals surface area contributed by atoms with Crippen LogP contribution in [-0.4, -0.2) is 77.2 Å². The first kappa shape index (κ1) is 66.4. The summed E-state index contributed by atoms with van der Waals surface area (Å²) < 4.78 is 22.4. The van der Waals surface area contributed by atoms with Crippen molar-refractivity contribution in [3.63, 3.8) is 0 Å². The van der Waals surface area contributed by atoms with Gasteiger partial charge >= 0.3 is 23.9 Å². The highest BCUT2D eigenvalue weighted by molar-refractivity contribution is 7.99. The topological polar surface area (TPSA) is 163 Å². The van der Waals surface area contributed by atoms with Crippen molar-refractivity contribution in [1.29, 1.82) is 0 Å². The molecule has 3 atom stereocenters. The third-order valence-electron chi connectivity index (χ3n) is 12.3. The fourth-order valence-electron chi connectivity index (χ4n) is 8.13. The van der Waals surface area contributed by atoms with Crippen molar-refractivity contribution >= 4 is 53.1 Å². The molecule has 0 spiro atoms. The molecule has 0 fully saturated rings. The van der Waals surface area contributed by atoms with Crippen LogP contribution < -0.4 is 10.6 Å². The van der Waals surface area contributed by atoms with Crippen molar-refractivity contribution in [2.24, 2.45) is 5.92 Å². The van der Waals surface area contributed by atoms with Crippen molar-refractivity contribution in [2.45, 2.75) is 278 Å². The summed E-state index contributed by atoms with van der Waals surface area (Å²) in [7, 11) is 0. The van der Waals surface area contributed by atoms with Gasteiger partial charge in [0.2, 0.25) is 5.91 Å². The molecule has 414 valence electrons. The molecule has 0 aliphatic rings. The third kappa shape index (κ3) is 38.0. The molecule has 0 aromatic heterocycles. The number of ether oxygens (including phenoxy) is 4. The lowest BCUT2D eigenvalue weighted by molar-refractivity contribution is -0.158. The van der Waals surface area contributed by atoms with Crippen LogP contribution in [0.15, 0.2) is 24.3 Å². The summed E-state index contributed by atoms with van der Waals surface area (Å²) >= 11 is 1.46. The van der Waals surface area contributed by atoms with Crippen LogP contribution in [0.3, 0.4) is 0 Å². The van der Waals surface area contributed by atoms with Crippen molar-refractivity contribution in [1.82, 2.24) is 5.32 Å². The Balaban J connectivity index is 2.68. The Kier molecular flexibility index (Phi) is 37.6. The summed E-state index contributed by atoms with van der Waals surface area (Å²) in [6.07, 6.45) is 31.8. The van der Waals surface area contributed by atoms with Gasteiger partial charge in [-0.2, -0.15) is 11.8 Å². The number of thioether (sulfide) groups is 1. The van der Waals surface area contributed by atoms with E-state index in [1.54, 1.807) is 65.8 Å². The summed E-state index contributed by atoms with van der Waals surface area (Å²) in [6, 6.07) is 5.21. The summed E-state index contributed by atoms with van der Waals surface area (Å²) in [5.74, 6) is -2.11. The molecule has 0 saturated heterocycles. The summed E-state index contributed by atoms with van der Waals surface area (Å²) in [6.45, 7) is 16.7. The predicted molar refractivity (Wildman–Crippen MR) is 295 cm³/mol. The van der Waals surface area contributed by atoms with Gasteiger partial charge in [0.1, 0.15) is 30.0 Å². The lowest BCUT2D eigenvalue weighted by Crippen LogP contribution is -2.44. The maximum atomic E-state index is 13.3. The molecule has 1 aromatic carbocycles. The summed E-state index contributed by atoms with van der Waals surface area (Å²) in [5, 5.41) is 5.60. The first-order valence-electron chi connectivity index (χ1n) is 28.4. The van der Waals surface area contributed by atoms with Gasteiger partial charge in [-0.05, 0) is 85.1 Å². The van der Waals surface area contributed by atoms with Gasteiger partial charge in [0, 0.05) is 47.9 Å². The lowest BCUT2D eigenvalue weighted by Gasteiger charge is -2.25. The number of unbranched alkanes of at least 4 members (excludes halogenated alkanes) is 24. The zero-order chi connectivity index (χ0) is 53.5. The third-order valence-corrected chi connectivity index (χ3v) is 13.6. The van der Waals surface area contributed by atoms with E-state index in [4.69, 9.17) is 18.9 Å². The van der Waals surface area contributed by atoms with Gasteiger partial charge in [0.25, 0.3) is 5.91 Å². The minimum absolute atomic E-state index is 0.00696. The van der Waals surface area contributed by atoms with Crippen molar-refractivity contribution in [3.8, 4) is 0 Å². The number of anilines is 1. The number of carbonyl (C=O) groups is 6. The molecule has 0 aliphatic carbocycles. The predicted octanol–water partition coefficient (Wildman–Crippen LogP) is 15.0. The molecule has 2 N–H and O–H groups in total. The number of rotatable bonds is 43. The molecule has 72 heavy (non-hydrogen) atoms. The molecule has 1 rings (SSSR count). The Morgan fingerprint density at radius 1 is 0.528 bits per heavy atom. The molecule has 0 bridgehead atoms. The van der Waals surface area contributed by atoms with Gasteiger partial charge in [-0.3, -0.25) is 24.0 Å². The number of benzene rings is 1. The van der Waals surface area contributed by atoms with Crippen LogP contribution in [0, 0.1) is 5.92 Å². The van der Waals surface area contributed by atoms with E-state index >= 15 is 0 Å². The van der Waals surface area contributed by atoms with Crippen LogP contribution in [0.1, 0.15) is 265 Å². The highest BCUT2D eigenvalue weighted by Crippen LogP contribution is 2.20. The Morgan fingerprint density at radius 2 is 0.958 bits per heavy atom. The normalized spacial score (nSPS) is 12.9. The van der Waals surface area contributed by atoms with Gasteiger partial charge in [0.15, 0.2) is 0 Å². The van der Waals surface area contributed by atoms with Gasteiger partial charge in [-0.15, -0.1) is 0 Å². The second kappa shape index (κ2) is 40.7. The first-order chi connectivity index (χ1) is 34.3. The van der Waals surface area contributed by atoms with E-state index in [0.717, 1.165) is 38.5 Å².